The monoisotopic (exact) mass is 231 g/mol. The van der Waals surface area contributed by atoms with Crippen LogP contribution in [0, 0.1) is 5.92 Å². The van der Waals surface area contributed by atoms with Gasteiger partial charge in [-0.05, 0) is 30.9 Å². The summed E-state index contributed by atoms with van der Waals surface area (Å²) in [6.07, 6.45) is 2.48. The Bertz CT molecular complexity index is 440. The minimum absolute atomic E-state index is 0.777. The first-order valence-corrected chi connectivity index (χ1v) is 6.32. The SMILES string of the molecule is CC(C)CCCN(C)c1nc2ccccc2[nH]1. The number of benzene rings is 1. The molecule has 0 radical (unpaired) electrons. The Morgan fingerprint density at radius 2 is 2.06 bits per heavy atom. The van der Waals surface area contributed by atoms with E-state index in [2.05, 4.69) is 41.8 Å². The zero-order valence-corrected chi connectivity index (χ0v) is 10.9. The number of H-pyrrole nitrogens is 1. The Labute approximate surface area is 103 Å². The second kappa shape index (κ2) is 5.21. The molecule has 3 heteroatoms. The van der Waals surface area contributed by atoms with Crippen LogP contribution in [-0.4, -0.2) is 23.6 Å². The number of anilines is 1. The van der Waals surface area contributed by atoms with Gasteiger partial charge in [0.15, 0.2) is 0 Å². The number of nitrogens with one attached hydrogen (secondary N) is 1. The summed E-state index contributed by atoms with van der Waals surface area (Å²) in [7, 11) is 2.10. The van der Waals surface area contributed by atoms with E-state index in [1.54, 1.807) is 0 Å². The van der Waals surface area contributed by atoms with Crippen LogP contribution in [0.3, 0.4) is 0 Å². The molecule has 0 aliphatic carbocycles. The van der Waals surface area contributed by atoms with Gasteiger partial charge in [0.05, 0.1) is 11.0 Å². The molecule has 1 aromatic heterocycles. The minimum atomic E-state index is 0.777. The van der Waals surface area contributed by atoms with Crippen molar-refractivity contribution >= 4 is 17.0 Å². The van der Waals surface area contributed by atoms with E-state index in [0.717, 1.165) is 29.4 Å². The standard InChI is InChI=1S/C14H21N3/c1-11(2)7-6-10-17(3)14-15-12-8-4-5-9-13(12)16-14/h4-5,8-9,11H,6-7,10H2,1-3H3,(H,15,16). The summed E-state index contributed by atoms with van der Waals surface area (Å²) in [4.78, 5) is 10.1. The molecule has 1 heterocycles. The molecule has 0 atom stereocenters. The topological polar surface area (TPSA) is 31.9 Å². The number of nitrogens with zero attached hydrogens (tertiary/aromatic N) is 2. The van der Waals surface area contributed by atoms with E-state index >= 15 is 0 Å². The smallest absolute Gasteiger partial charge is 0.203 e. The maximum absolute atomic E-state index is 4.58. The molecule has 0 aliphatic rings. The normalized spacial score (nSPS) is 11.3. The lowest BCUT2D eigenvalue weighted by Crippen LogP contribution is -2.20. The summed E-state index contributed by atoms with van der Waals surface area (Å²) in [6, 6.07) is 8.15. The maximum Gasteiger partial charge on any atom is 0.203 e. The molecule has 0 aliphatic heterocycles. The van der Waals surface area contributed by atoms with E-state index in [4.69, 9.17) is 0 Å². The molecule has 3 nitrogen and oxygen atoms in total. The number of para-hydroxylation sites is 2. The fourth-order valence-corrected chi connectivity index (χ4v) is 1.96. The molecule has 0 saturated carbocycles. The third-order valence-electron chi connectivity index (χ3n) is 3.01. The highest BCUT2D eigenvalue weighted by Gasteiger charge is 2.06. The lowest BCUT2D eigenvalue weighted by Gasteiger charge is -2.16. The van der Waals surface area contributed by atoms with Crippen LogP contribution in [0.4, 0.5) is 5.95 Å². The summed E-state index contributed by atoms with van der Waals surface area (Å²) in [5.41, 5.74) is 2.15. The lowest BCUT2D eigenvalue weighted by molar-refractivity contribution is 0.554. The number of imidazole rings is 1. The van der Waals surface area contributed by atoms with Crippen molar-refractivity contribution in [2.24, 2.45) is 5.92 Å². The largest absolute Gasteiger partial charge is 0.345 e. The predicted octanol–water partition coefficient (Wildman–Crippen LogP) is 3.44. The van der Waals surface area contributed by atoms with E-state index < -0.39 is 0 Å². The molecule has 2 rings (SSSR count). The third kappa shape index (κ3) is 2.99. The van der Waals surface area contributed by atoms with Gasteiger partial charge < -0.3 is 9.88 Å². The van der Waals surface area contributed by atoms with Gasteiger partial charge in [-0.15, -0.1) is 0 Å². The summed E-state index contributed by atoms with van der Waals surface area (Å²) in [6.45, 7) is 5.58. The zero-order chi connectivity index (χ0) is 12.3. The van der Waals surface area contributed by atoms with E-state index in [1.165, 1.54) is 12.8 Å². The molecule has 0 saturated heterocycles. The Kier molecular flexibility index (Phi) is 3.67. The average Bonchev–Trinajstić information content (AvgIpc) is 2.71. The van der Waals surface area contributed by atoms with Crippen LogP contribution in [0.25, 0.3) is 11.0 Å². The van der Waals surface area contributed by atoms with Crippen molar-refractivity contribution in [3.63, 3.8) is 0 Å². The summed E-state index contributed by atoms with van der Waals surface area (Å²) in [5, 5.41) is 0. The second-order valence-corrected chi connectivity index (χ2v) is 5.04. The zero-order valence-electron chi connectivity index (χ0n) is 10.9. The van der Waals surface area contributed by atoms with Crippen molar-refractivity contribution in [3.8, 4) is 0 Å². The molecule has 1 N–H and O–H groups in total. The first-order valence-electron chi connectivity index (χ1n) is 6.32. The molecule has 0 unspecified atom stereocenters. The Balaban J connectivity index is 2.01. The van der Waals surface area contributed by atoms with Gasteiger partial charge in [0.1, 0.15) is 0 Å². The minimum Gasteiger partial charge on any atom is -0.345 e. The van der Waals surface area contributed by atoms with E-state index in [9.17, 15) is 0 Å². The van der Waals surface area contributed by atoms with Crippen LogP contribution in [0.5, 0.6) is 0 Å². The first kappa shape index (κ1) is 12.0. The van der Waals surface area contributed by atoms with Crippen molar-refractivity contribution in [1.82, 2.24) is 9.97 Å². The van der Waals surface area contributed by atoms with Crippen molar-refractivity contribution in [1.29, 1.82) is 0 Å². The highest BCUT2D eigenvalue weighted by molar-refractivity contribution is 5.77. The quantitative estimate of drug-likeness (QED) is 0.855. The fourth-order valence-electron chi connectivity index (χ4n) is 1.96. The molecule has 0 amide bonds. The van der Waals surface area contributed by atoms with Gasteiger partial charge in [-0.3, -0.25) is 0 Å². The van der Waals surface area contributed by atoms with Gasteiger partial charge in [0.25, 0.3) is 0 Å². The molecule has 1 aromatic carbocycles. The molecule has 2 aromatic rings. The van der Waals surface area contributed by atoms with Crippen LogP contribution in [0.1, 0.15) is 26.7 Å². The van der Waals surface area contributed by atoms with E-state index in [0.29, 0.717) is 0 Å². The Hall–Kier alpha value is -1.51. The predicted molar refractivity (Wildman–Crippen MR) is 73.4 cm³/mol. The number of hydrogen-bond donors (Lipinski definition) is 1. The van der Waals surface area contributed by atoms with E-state index in [-0.39, 0.29) is 0 Å². The fraction of sp³-hybridized carbons (Fsp3) is 0.500. The van der Waals surface area contributed by atoms with Crippen molar-refractivity contribution in [2.75, 3.05) is 18.5 Å². The van der Waals surface area contributed by atoms with Crippen molar-refractivity contribution in [2.45, 2.75) is 26.7 Å². The number of hydrogen-bond acceptors (Lipinski definition) is 2. The lowest BCUT2D eigenvalue weighted by atomic mass is 10.1. The summed E-state index contributed by atoms with van der Waals surface area (Å²) < 4.78 is 0. The van der Waals surface area contributed by atoms with Gasteiger partial charge in [-0.25, -0.2) is 4.98 Å². The number of fused-ring (bicyclic) bond motifs is 1. The van der Waals surface area contributed by atoms with Crippen molar-refractivity contribution in [3.05, 3.63) is 24.3 Å². The number of aromatic amines is 1. The van der Waals surface area contributed by atoms with Crippen LogP contribution in [-0.2, 0) is 0 Å². The molecule has 0 spiro atoms. The maximum atomic E-state index is 4.58. The molecule has 92 valence electrons. The molecule has 0 fully saturated rings. The summed E-state index contributed by atoms with van der Waals surface area (Å²) >= 11 is 0. The van der Waals surface area contributed by atoms with Gasteiger partial charge in [0, 0.05) is 13.6 Å². The Morgan fingerprint density at radius 3 is 2.76 bits per heavy atom. The third-order valence-corrected chi connectivity index (χ3v) is 3.01. The van der Waals surface area contributed by atoms with Crippen LogP contribution in [0.2, 0.25) is 0 Å². The highest BCUT2D eigenvalue weighted by Crippen LogP contribution is 2.16. The van der Waals surface area contributed by atoms with Gasteiger partial charge in [0.2, 0.25) is 5.95 Å². The first-order chi connectivity index (χ1) is 8.16. The number of aromatic nitrogens is 2. The molecular weight excluding hydrogens is 210 g/mol. The van der Waals surface area contributed by atoms with Gasteiger partial charge in [-0.1, -0.05) is 26.0 Å². The second-order valence-electron chi connectivity index (χ2n) is 5.04. The van der Waals surface area contributed by atoms with Crippen LogP contribution in [0.15, 0.2) is 24.3 Å². The Morgan fingerprint density at radius 1 is 1.29 bits per heavy atom. The number of rotatable bonds is 5. The van der Waals surface area contributed by atoms with Gasteiger partial charge >= 0.3 is 0 Å². The highest BCUT2D eigenvalue weighted by atomic mass is 15.2. The molecular formula is C14H21N3. The summed E-state index contributed by atoms with van der Waals surface area (Å²) in [5.74, 6) is 1.74. The van der Waals surface area contributed by atoms with Crippen molar-refractivity contribution < 1.29 is 0 Å². The van der Waals surface area contributed by atoms with Crippen LogP contribution >= 0.6 is 0 Å². The average molecular weight is 231 g/mol. The molecule has 17 heavy (non-hydrogen) atoms. The van der Waals surface area contributed by atoms with E-state index in [1.807, 2.05) is 18.2 Å². The van der Waals surface area contributed by atoms with Gasteiger partial charge in [-0.2, -0.15) is 0 Å². The molecule has 0 bridgehead atoms. The van der Waals surface area contributed by atoms with Crippen LogP contribution < -0.4 is 4.90 Å².